The van der Waals surface area contributed by atoms with E-state index < -0.39 is 18.0 Å². The number of nitrogens with one attached hydrogen (secondary N) is 1. The second-order valence-electron chi connectivity index (χ2n) is 6.11. The van der Waals surface area contributed by atoms with Crippen molar-refractivity contribution in [1.82, 2.24) is 5.43 Å². The van der Waals surface area contributed by atoms with Crippen molar-refractivity contribution < 1.29 is 28.9 Å². The molecule has 146 valence electrons. The van der Waals surface area contributed by atoms with Crippen LogP contribution in [0.2, 0.25) is 0 Å². The number of ether oxygens (including phenoxy) is 3. The van der Waals surface area contributed by atoms with Crippen LogP contribution in [0.5, 0.6) is 17.2 Å². The number of hydrogen-bond donors (Lipinski definition) is 1. The van der Waals surface area contributed by atoms with Gasteiger partial charge in [-0.05, 0) is 42.8 Å². The number of benzene rings is 2. The molecule has 0 bridgehead atoms. The molecule has 28 heavy (non-hydrogen) atoms. The largest absolute Gasteiger partial charge is 0.550 e. The SMILES string of the molecule is COc1ccc(/C(C)=N\NC(=O)[C@H]2COc3ccccc3O2)cc1CC(=O)[O-]. The van der Waals surface area contributed by atoms with Gasteiger partial charge in [-0.15, -0.1) is 0 Å². The van der Waals surface area contributed by atoms with Gasteiger partial charge in [0.15, 0.2) is 11.5 Å². The molecule has 2 aromatic rings. The third-order valence-corrected chi connectivity index (χ3v) is 4.17. The summed E-state index contributed by atoms with van der Waals surface area (Å²) >= 11 is 0. The van der Waals surface area contributed by atoms with Crippen molar-refractivity contribution in [2.75, 3.05) is 13.7 Å². The Labute approximate surface area is 161 Å². The van der Waals surface area contributed by atoms with Gasteiger partial charge >= 0.3 is 0 Å². The first-order valence-corrected chi connectivity index (χ1v) is 8.57. The fourth-order valence-electron chi connectivity index (χ4n) is 2.72. The molecule has 1 amide bonds. The number of carboxylic acid groups (broad SMARTS) is 1. The zero-order chi connectivity index (χ0) is 20.1. The number of amides is 1. The van der Waals surface area contributed by atoms with Crippen molar-refractivity contribution in [3.05, 3.63) is 53.6 Å². The molecule has 0 fully saturated rings. The van der Waals surface area contributed by atoms with E-state index in [1.54, 1.807) is 43.3 Å². The van der Waals surface area contributed by atoms with E-state index in [0.717, 1.165) is 0 Å². The van der Waals surface area contributed by atoms with Gasteiger partial charge < -0.3 is 24.1 Å². The number of rotatable bonds is 6. The van der Waals surface area contributed by atoms with Crippen LogP contribution in [0.15, 0.2) is 47.6 Å². The van der Waals surface area contributed by atoms with E-state index in [1.807, 2.05) is 6.07 Å². The maximum Gasteiger partial charge on any atom is 0.284 e. The average Bonchev–Trinajstić information content (AvgIpc) is 2.70. The predicted octanol–water partition coefficient (Wildman–Crippen LogP) is 0.668. The number of carboxylic acids is 1. The van der Waals surface area contributed by atoms with Gasteiger partial charge in [0.05, 0.1) is 12.8 Å². The van der Waals surface area contributed by atoms with Gasteiger partial charge in [-0.1, -0.05) is 12.1 Å². The van der Waals surface area contributed by atoms with Crippen LogP contribution in [0.25, 0.3) is 0 Å². The van der Waals surface area contributed by atoms with Crippen molar-refractivity contribution in [2.24, 2.45) is 5.10 Å². The van der Waals surface area contributed by atoms with E-state index >= 15 is 0 Å². The maximum atomic E-state index is 12.3. The first kappa shape index (κ1) is 19.2. The summed E-state index contributed by atoms with van der Waals surface area (Å²) in [5, 5.41) is 15.0. The van der Waals surface area contributed by atoms with Crippen LogP contribution in [0.4, 0.5) is 0 Å². The summed E-state index contributed by atoms with van der Waals surface area (Å²) in [5.41, 5.74) is 4.05. The highest BCUT2D eigenvalue weighted by atomic mass is 16.6. The number of fused-ring (bicyclic) bond motifs is 1. The van der Waals surface area contributed by atoms with Crippen molar-refractivity contribution in [2.45, 2.75) is 19.4 Å². The lowest BCUT2D eigenvalue weighted by molar-refractivity contribution is -0.304. The molecule has 1 heterocycles. The van der Waals surface area contributed by atoms with E-state index in [1.165, 1.54) is 7.11 Å². The molecule has 0 aromatic heterocycles. The molecule has 1 N–H and O–H groups in total. The minimum absolute atomic E-state index is 0.0791. The quantitative estimate of drug-likeness (QED) is 0.580. The first-order chi connectivity index (χ1) is 13.5. The smallest absolute Gasteiger partial charge is 0.284 e. The number of nitrogens with zero attached hydrogens (tertiary/aromatic N) is 1. The van der Waals surface area contributed by atoms with Crippen LogP contribution in [0.1, 0.15) is 18.1 Å². The van der Waals surface area contributed by atoms with Crippen LogP contribution in [-0.2, 0) is 16.0 Å². The molecular weight excluding hydrogens is 364 g/mol. The third kappa shape index (κ3) is 4.40. The van der Waals surface area contributed by atoms with Crippen LogP contribution in [-0.4, -0.2) is 37.4 Å². The monoisotopic (exact) mass is 383 g/mol. The van der Waals surface area contributed by atoms with Gasteiger partial charge in [0.1, 0.15) is 12.4 Å². The Morgan fingerprint density at radius 3 is 2.71 bits per heavy atom. The second-order valence-corrected chi connectivity index (χ2v) is 6.11. The van der Waals surface area contributed by atoms with Gasteiger partial charge in [0.25, 0.3) is 5.91 Å². The highest BCUT2D eigenvalue weighted by molar-refractivity contribution is 6.00. The Balaban J connectivity index is 1.69. The number of aliphatic carboxylic acids is 1. The van der Waals surface area contributed by atoms with Crippen LogP contribution in [0.3, 0.4) is 0 Å². The highest BCUT2D eigenvalue weighted by Gasteiger charge is 2.27. The summed E-state index contributed by atoms with van der Waals surface area (Å²) in [7, 11) is 1.46. The molecule has 0 saturated carbocycles. The third-order valence-electron chi connectivity index (χ3n) is 4.17. The molecule has 1 atom stereocenters. The molecule has 8 heteroatoms. The minimum Gasteiger partial charge on any atom is -0.550 e. The molecule has 1 aliphatic rings. The zero-order valence-corrected chi connectivity index (χ0v) is 15.4. The molecule has 1 aliphatic heterocycles. The van der Waals surface area contributed by atoms with Gasteiger partial charge in [0, 0.05) is 18.0 Å². The molecule has 0 saturated heterocycles. The fraction of sp³-hybridized carbons (Fsp3) is 0.250. The van der Waals surface area contributed by atoms with Gasteiger partial charge in [-0.25, -0.2) is 5.43 Å². The summed E-state index contributed by atoms with van der Waals surface area (Å²) in [6.07, 6.45) is -1.11. The van der Waals surface area contributed by atoms with E-state index in [9.17, 15) is 14.7 Å². The van der Waals surface area contributed by atoms with Crippen LogP contribution >= 0.6 is 0 Å². The summed E-state index contributed by atoms with van der Waals surface area (Å²) < 4.78 is 16.3. The van der Waals surface area contributed by atoms with Crippen molar-refractivity contribution in [3.8, 4) is 17.2 Å². The molecule has 0 unspecified atom stereocenters. The topological polar surface area (TPSA) is 109 Å². The maximum absolute atomic E-state index is 12.3. The predicted molar refractivity (Wildman–Crippen MR) is 98.4 cm³/mol. The van der Waals surface area contributed by atoms with E-state index in [0.29, 0.717) is 34.1 Å². The van der Waals surface area contributed by atoms with Gasteiger partial charge in [0.2, 0.25) is 6.10 Å². The number of para-hydroxylation sites is 2. The summed E-state index contributed by atoms with van der Waals surface area (Å²) in [6, 6.07) is 12.1. The Morgan fingerprint density at radius 2 is 2.00 bits per heavy atom. The standard InChI is InChI=1S/C20H20N2O6/c1-12(13-7-8-15(26-2)14(9-13)10-19(23)24)21-22-20(25)18-11-27-16-5-3-4-6-17(16)28-18/h3-9,18H,10-11H2,1-2H3,(H,22,25)(H,23,24)/p-1/b21-12-/t18-/m1/s1. The molecule has 0 aliphatic carbocycles. The number of hydrogen-bond acceptors (Lipinski definition) is 7. The minimum atomic E-state index is -1.21. The highest BCUT2D eigenvalue weighted by Crippen LogP contribution is 2.30. The lowest BCUT2D eigenvalue weighted by atomic mass is 10.0. The lowest BCUT2D eigenvalue weighted by Gasteiger charge is -2.24. The fourth-order valence-corrected chi connectivity index (χ4v) is 2.72. The summed E-state index contributed by atoms with van der Waals surface area (Å²) in [4.78, 5) is 23.2. The molecule has 2 aromatic carbocycles. The zero-order valence-electron chi connectivity index (χ0n) is 15.4. The number of hydrazone groups is 1. The van der Waals surface area contributed by atoms with E-state index in [4.69, 9.17) is 14.2 Å². The van der Waals surface area contributed by atoms with Crippen molar-refractivity contribution in [3.63, 3.8) is 0 Å². The Bertz CT molecular complexity index is 925. The molecular formula is C20H19N2O6-. The Morgan fingerprint density at radius 1 is 1.25 bits per heavy atom. The first-order valence-electron chi connectivity index (χ1n) is 8.57. The average molecular weight is 383 g/mol. The van der Waals surface area contributed by atoms with E-state index in [2.05, 4.69) is 10.5 Å². The summed E-state index contributed by atoms with van der Waals surface area (Å²) in [5.74, 6) is -0.136. The van der Waals surface area contributed by atoms with Crippen molar-refractivity contribution in [1.29, 1.82) is 0 Å². The summed E-state index contributed by atoms with van der Waals surface area (Å²) in [6.45, 7) is 1.77. The number of carbonyl (C=O) groups excluding carboxylic acids is 2. The lowest BCUT2D eigenvalue weighted by Crippen LogP contribution is -2.42. The normalized spacial score (nSPS) is 15.6. The number of carbonyl (C=O) groups is 2. The molecule has 0 spiro atoms. The molecule has 8 nitrogen and oxygen atoms in total. The molecule has 3 rings (SSSR count). The van der Waals surface area contributed by atoms with E-state index in [-0.39, 0.29) is 13.0 Å². The Hall–Kier alpha value is -3.55. The second kappa shape index (κ2) is 8.43. The van der Waals surface area contributed by atoms with Crippen molar-refractivity contribution >= 4 is 17.6 Å². The van der Waals surface area contributed by atoms with Gasteiger partial charge in [-0.2, -0.15) is 5.10 Å². The van der Waals surface area contributed by atoms with Gasteiger partial charge in [-0.3, -0.25) is 4.79 Å². The van der Waals surface area contributed by atoms with Crippen LogP contribution < -0.4 is 24.7 Å². The number of methoxy groups -OCH3 is 1. The Kier molecular flexibility index (Phi) is 5.78. The molecule has 0 radical (unpaired) electrons. The van der Waals surface area contributed by atoms with Crippen LogP contribution in [0, 0.1) is 0 Å².